The van der Waals surface area contributed by atoms with Crippen molar-refractivity contribution in [3.63, 3.8) is 0 Å². The normalized spacial score (nSPS) is 21.0. The molecule has 0 aromatic heterocycles. The largest absolute Gasteiger partial charge is 0.343 e. The van der Waals surface area contributed by atoms with Crippen molar-refractivity contribution in [2.75, 3.05) is 26.2 Å². The number of amides is 2. The van der Waals surface area contributed by atoms with E-state index in [1.54, 1.807) is 6.92 Å². The summed E-state index contributed by atoms with van der Waals surface area (Å²) in [6, 6.07) is -0.409. The fourth-order valence-electron chi connectivity index (χ4n) is 2.45. The molecule has 0 radical (unpaired) electrons. The molecule has 2 aliphatic rings. The maximum Gasteiger partial charge on any atom is 0.244 e. The summed E-state index contributed by atoms with van der Waals surface area (Å²) in [6.45, 7) is 4.67. The van der Waals surface area contributed by atoms with Crippen molar-refractivity contribution in [1.29, 1.82) is 0 Å². The first kappa shape index (κ1) is 14.3. The molecule has 2 rings (SSSR count). The minimum absolute atomic E-state index is 0.0512. The lowest BCUT2D eigenvalue weighted by molar-refractivity contribution is -0.136. The zero-order valence-electron chi connectivity index (χ0n) is 11.8. The molecule has 5 heteroatoms. The van der Waals surface area contributed by atoms with Crippen LogP contribution in [0.3, 0.4) is 0 Å². The van der Waals surface area contributed by atoms with Gasteiger partial charge in [-0.1, -0.05) is 0 Å². The van der Waals surface area contributed by atoms with Crippen molar-refractivity contribution in [3.05, 3.63) is 0 Å². The highest BCUT2D eigenvalue weighted by Gasteiger charge is 2.24. The van der Waals surface area contributed by atoms with E-state index >= 15 is 0 Å². The van der Waals surface area contributed by atoms with Crippen molar-refractivity contribution < 1.29 is 9.59 Å². The predicted octanol–water partition coefficient (Wildman–Crippen LogP) is 0.503. The summed E-state index contributed by atoms with van der Waals surface area (Å²) in [4.78, 5) is 25.7. The summed E-state index contributed by atoms with van der Waals surface area (Å²) in [7, 11) is 0. The number of nitrogens with zero attached hydrogens (tertiary/aromatic N) is 1. The second kappa shape index (κ2) is 6.89. The van der Waals surface area contributed by atoms with E-state index in [1.807, 2.05) is 4.90 Å². The molecule has 1 unspecified atom stereocenters. The number of hydrogen-bond acceptors (Lipinski definition) is 3. The third-order valence-electron chi connectivity index (χ3n) is 3.83. The maximum absolute atomic E-state index is 12.1. The van der Waals surface area contributed by atoms with Crippen LogP contribution in [0, 0.1) is 5.92 Å². The fraction of sp³-hybridized carbons (Fsp3) is 0.857. The minimum Gasteiger partial charge on any atom is -0.343 e. The molecule has 0 spiro atoms. The van der Waals surface area contributed by atoms with Crippen LogP contribution in [-0.2, 0) is 9.59 Å². The average Bonchev–Trinajstić information content (AvgIpc) is 3.23. The van der Waals surface area contributed by atoms with Crippen LogP contribution in [-0.4, -0.2) is 48.9 Å². The Hall–Kier alpha value is -1.10. The number of likely N-dealkylation sites (tertiary alicyclic amines) is 1. The molecule has 1 saturated carbocycles. The monoisotopic (exact) mass is 267 g/mol. The van der Waals surface area contributed by atoms with Gasteiger partial charge in [-0.15, -0.1) is 0 Å². The van der Waals surface area contributed by atoms with Gasteiger partial charge in [0.2, 0.25) is 11.8 Å². The molecule has 1 atom stereocenters. The van der Waals surface area contributed by atoms with Crippen LogP contribution in [0.2, 0.25) is 0 Å². The van der Waals surface area contributed by atoms with Crippen LogP contribution in [0.1, 0.15) is 39.0 Å². The molecule has 0 aromatic rings. The molecule has 0 bridgehead atoms. The van der Waals surface area contributed by atoms with E-state index in [-0.39, 0.29) is 11.8 Å². The highest BCUT2D eigenvalue weighted by atomic mass is 16.2. The minimum atomic E-state index is -0.409. The van der Waals surface area contributed by atoms with Gasteiger partial charge in [-0.05, 0) is 51.5 Å². The second-order valence-corrected chi connectivity index (χ2v) is 5.75. The number of piperidine rings is 1. The van der Waals surface area contributed by atoms with E-state index < -0.39 is 6.04 Å². The van der Waals surface area contributed by atoms with Gasteiger partial charge >= 0.3 is 0 Å². The third-order valence-corrected chi connectivity index (χ3v) is 3.83. The van der Waals surface area contributed by atoms with E-state index in [0.29, 0.717) is 6.54 Å². The molecule has 1 saturated heterocycles. The van der Waals surface area contributed by atoms with Gasteiger partial charge in [0.15, 0.2) is 0 Å². The quantitative estimate of drug-likeness (QED) is 0.737. The first-order valence-electron chi connectivity index (χ1n) is 7.45. The van der Waals surface area contributed by atoms with E-state index in [1.165, 1.54) is 19.3 Å². The zero-order valence-corrected chi connectivity index (χ0v) is 11.8. The molecule has 2 amide bonds. The van der Waals surface area contributed by atoms with Crippen molar-refractivity contribution in [1.82, 2.24) is 15.5 Å². The van der Waals surface area contributed by atoms with Gasteiger partial charge < -0.3 is 15.5 Å². The van der Waals surface area contributed by atoms with Gasteiger partial charge in [0.1, 0.15) is 6.04 Å². The fourth-order valence-corrected chi connectivity index (χ4v) is 2.45. The highest BCUT2D eigenvalue weighted by Crippen LogP contribution is 2.27. The number of carbonyl (C=O) groups is 2. The molecular formula is C14H25N3O2. The molecule has 1 aliphatic carbocycles. The highest BCUT2D eigenvalue weighted by molar-refractivity contribution is 5.88. The summed E-state index contributed by atoms with van der Waals surface area (Å²) in [5.74, 6) is 0.731. The Labute approximate surface area is 115 Å². The molecule has 1 aliphatic heterocycles. The molecular weight excluding hydrogens is 242 g/mol. The average molecular weight is 267 g/mol. The third kappa shape index (κ3) is 4.82. The number of carbonyl (C=O) groups excluding carboxylic acids is 2. The Balaban J connectivity index is 1.64. The van der Waals surface area contributed by atoms with Gasteiger partial charge in [0.05, 0.1) is 6.54 Å². The molecule has 2 fully saturated rings. The van der Waals surface area contributed by atoms with Crippen LogP contribution >= 0.6 is 0 Å². The first-order chi connectivity index (χ1) is 9.16. The number of hydrogen-bond donors (Lipinski definition) is 2. The maximum atomic E-state index is 12.1. The van der Waals surface area contributed by atoms with Gasteiger partial charge in [-0.25, -0.2) is 0 Å². The smallest absolute Gasteiger partial charge is 0.244 e. The van der Waals surface area contributed by atoms with Gasteiger partial charge in [-0.3, -0.25) is 9.59 Å². The van der Waals surface area contributed by atoms with Gasteiger partial charge in [0.25, 0.3) is 0 Å². The molecule has 2 N–H and O–H groups in total. The lowest BCUT2D eigenvalue weighted by Gasteiger charge is -2.29. The SMILES string of the molecule is CC(NC(=O)CNCC1CC1)C(=O)N1CCCCC1. The molecule has 0 aromatic carbocycles. The van der Waals surface area contributed by atoms with Crippen LogP contribution in [0.5, 0.6) is 0 Å². The summed E-state index contributed by atoms with van der Waals surface area (Å²) < 4.78 is 0. The van der Waals surface area contributed by atoms with Crippen molar-refractivity contribution in [2.45, 2.75) is 45.1 Å². The zero-order chi connectivity index (χ0) is 13.7. The first-order valence-corrected chi connectivity index (χ1v) is 7.45. The predicted molar refractivity (Wildman–Crippen MR) is 73.6 cm³/mol. The van der Waals surface area contributed by atoms with Gasteiger partial charge in [0, 0.05) is 13.1 Å². The van der Waals surface area contributed by atoms with Crippen LogP contribution in [0.25, 0.3) is 0 Å². The van der Waals surface area contributed by atoms with E-state index in [2.05, 4.69) is 10.6 Å². The van der Waals surface area contributed by atoms with Crippen molar-refractivity contribution >= 4 is 11.8 Å². The van der Waals surface area contributed by atoms with Crippen LogP contribution < -0.4 is 10.6 Å². The van der Waals surface area contributed by atoms with Crippen molar-refractivity contribution in [2.24, 2.45) is 5.92 Å². The van der Waals surface area contributed by atoms with E-state index in [9.17, 15) is 9.59 Å². The number of nitrogens with one attached hydrogen (secondary N) is 2. The van der Waals surface area contributed by atoms with Crippen LogP contribution in [0.4, 0.5) is 0 Å². The molecule has 19 heavy (non-hydrogen) atoms. The van der Waals surface area contributed by atoms with Crippen molar-refractivity contribution in [3.8, 4) is 0 Å². The molecule has 5 nitrogen and oxygen atoms in total. The Bertz CT molecular complexity index is 323. The molecule has 1 heterocycles. The lowest BCUT2D eigenvalue weighted by Crippen LogP contribution is -2.50. The van der Waals surface area contributed by atoms with Gasteiger partial charge in [-0.2, -0.15) is 0 Å². The Kier molecular flexibility index (Phi) is 5.19. The topological polar surface area (TPSA) is 61.4 Å². The summed E-state index contributed by atoms with van der Waals surface area (Å²) in [5.41, 5.74) is 0. The van der Waals surface area contributed by atoms with E-state index in [4.69, 9.17) is 0 Å². The summed E-state index contributed by atoms with van der Waals surface area (Å²) >= 11 is 0. The Morgan fingerprint density at radius 1 is 1.21 bits per heavy atom. The van der Waals surface area contributed by atoms with Crippen LogP contribution in [0.15, 0.2) is 0 Å². The Morgan fingerprint density at radius 2 is 1.89 bits per heavy atom. The summed E-state index contributed by atoms with van der Waals surface area (Å²) in [6.07, 6.45) is 5.91. The number of rotatable bonds is 6. The Morgan fingerprint density at radius 3 is 2.53 bits per heavy atom. The van der Waals surface area contributed by atoms with E-state index in [0.717, 1.165) is 38.4 Å². The summed E-state index contributed by atoms with van der Waals surface area (Å²) in [5, 5.41) is 5.91. The standard InChI is InChI=1S/C14H25N3O2/c1-11(14(19)17-7-3-2-4-8-17)16-13(18)10-15-9-12-5-6-12/h11-12,15H,2-10H2,1H3,(H,16,18). The lowest BCUT2D eigenvalue weighted by atomic mass is 10.1. The second-order valence-electron chi connectivity index (χ2n) is 5.75. The molecule has 108 valence electrons.